The lowest BCUT2D eigenvalue weighted by molar-refractivity contribution is -0.137. The number of alkyl halides is 3. The summed E-state index contributed by atoms with van der Waals surface area (Å²) in [6.45, 7) is 4.25. The number of rotatable bonds is 7. The second-order valence-corrected chi connectivity index (χ2v) is 7.78. The van der Waals surface area contributed by atoms with E-state index in [2.05, 4.69) is 10.3 Å². The van der Waals surface area contributed by atoms with Crippen molar-refractivity contribution in [3.63, 3.8) is 0 Å². The van der Waals surface area contributed by atoms with E-state index in [1.54, 1.807) is 11.8 Å². The zero-order valence-electron chi connectivity index (χ0n) is 19.5. The number of ether oxygens (including phenoxy) is 3. The van der Waals surface area contributed by atoms with Crippen molar-refractivity contribution in [2.45, 2.75) is 26.4 Å². The Bertz CT molecular complexity index is 1110. The number of methoxy groups -OCH3 is 1. The molecule has 1 amide bonds. The largest absolute Gasteiger partial charge is 0.465 e. The molecule has 190 valence electrons. The number of aromatic amines is 1. The molecule has 2 N–H and O–H groups in total. The summed E-state index contributed by atoms with van der Waals surface area (Å²) in [5.41, 5.74) is 0.410. The van der Waals surface area contributed by atoms with Crippen molar-refractivity contribution in [3.05, 3.63) is 46.3 Å². The van der Waals surface area contributed by atoms with E-state index in [-0.39, 0.29) is 16.9 Å². The number of amides is 1. The number of nitrogens with zero attached hydrogens (tertiary/aromatic N) is 1. The van der Waals surface area contributed by atoms with Gasteiger partial charge in [-0.1, -0.05) is 6.92 Å². The number of carbonyl (C=O) groups excluding carboxylic acids is 3. The van der Waals surface area contributed by atoms with Crippen LogP contribution in [0.15, 0.2) is 18.2 Å². The Hall–Kier alpha value is -3.54. The minimum atomic E-state index is -4.60. The van der Waals surface area contributed by atoms with Crippen LogP contribution in [0.4, 0.5) is 24.5 Å². The Morgan fingerprint density at radius 3 is 2.46 bits per heavy atom. The molecule has 3 rings (SSSR count). The third-order valence-electron chi connectivity index (χ3n) is 5.56. The van der Waals surface area contributed by atoms with Gasteiger partial charge in [0.2, 0.25) is 0 Å². The van der Waals surface area contributed by atoms with Gasteiger partial charge >= 0.3 is 18.1 Å². The zero-order chi connectivity index (χ0) is 25.8. The van der Waals surface area contributed by atoms with Crippen molar-refractivity contribution in [2.75, 3.05) is 50.2 Å². The van der Waals surface area contributed by atoms with Crippen LogP contribution < -0.4 is 10.2 Å². The van der Waals surface area contributed by atoms with Crippen molar-refractivity contribution in [1.29, 1.82) is 0 Å². The number of hydrogen-bond donors (Lipinski definition) is 2. The number of hydrogen-bond acceptors (Lipinski definition) is 7. The highest BCUT2D eigenvalue weighted by atomic mass is 19.4. The van der Waals surface area contributed by atoms with Crippen LogP contribution in [0, 0.1) is 6.92 Å². The van der Waals surface area contributed by atoms with E-state index in [0.717, 1.165) is 12.1 Å². The maximum Gasteiger partial charge on any atom is 0.416 e. The first kappa shape index (κ1) is 26.1. The first-order valence-electron chi connectivity index (χ1n) is 10.9. The van der Waals surface area contributed by atoms with Gasteiger partial charge in [0.05, 0.1) is 42.8 Å². The Kier molecular flexibility index (Phi) is 8.05. The van der Waals surface area contributed by atoms with Crippen LogP contribution >= 0.6 is 0 Å². The molecular formula is C23H26F3N3O6. The highest BCUT2D eigenvalue weighted by Crippen LogP contribution is 2.35. The van der Waals surface area contributed by atoms with Crippen LogP contribution in [0.3, 0.4) is 0 Å². The Labute approximate surface area is 199 Å². The normalized spacial score (nSPS) is 13.9. The van der Waals surface area contributed by atoms with Gasteiger partial charge < -0.3 is 29.4 Å². The van der Waals surface area contributed by atoms with E-state index >= 15 is 0 Å². The first-order chi connectivity index (χ1) is 16.6. The molecule has 2 aromatic rings. The second-order valence-electron chi connectivity index (χ2n) is 7.78. The van der Waals surface area contributed by atoms with Crippen molar-refractivity contribution < 1.29 is 41.8 Å². The van der Waals surface area contributed by atoms with Crippen molar-refractivity contribution in [3.8, 4) is 0 Å². The van der Waals surface area contributed by atoms with E-state index in [1.807, 2.05) is 0 Å². The van der Waals surface area contributed by atoms with Crippen LogP contribution in [0.2, 0.25) is 0 Å². The molecule has 35 heavy (non-hydrogen) atoms. The summed E-state index contributed by atoms with van der Waals surface area (Å²) in [6, 6.07) is 3.08. The number of halogens is 3. The number of H-pyrrole nitrogens is 1. The minimum absolute atomic E-state index is 0.0110. The number of esters is 2. The average Bonchev–Trinajstić information content (AvgIpc) is 3.18. The third-order valence-corrected chi connectivity index (χ3v) is 5.56. The standard InChI is InChI=1S/C23H26F3N3O6/c1-4-15-19(21(31)33-3)13(2)20(28-15)22(32)35-12-18(30)27-16-11-14(23(24,25)26)5-6-17(16)29-7-9-34-10-8-29/h5-6,11,28H,4,7-10,12H2,1-3H3,(H,27,30). The molecule has 1 aliphatic heterocycles. The van der Waals surface area contributed by atoms with Crippen LogP contribution in [0.1, 0.15) is 44.6 Å². The van der Waals surface area contributed by atoms with Gasteiger partial charge in [-0.2, -0.15) is 13.2 Å². The number of benzene rings is 1. The predicted octanol–water partition coefficient (Wildman–Crippen LogP) is 3.32. The number of nitrogens with one attached hydrogen (secondary N) is 2. The number of aromatic nitrogens is 1. The molecule has 0 aliphatic carbocycles. The van der Waals surface area contributed by atoms with Gasteiger partial charge in [0.15, 0.2) is 6.61 Å². The molecule has 0 saturated carbocycles. The molecule has 0 radical (unpaired) electrons. The van der Waals surface area contributed by atoms with Gasteiger partial charge in [-0.05, 0) is 37.1 Å². The summed E-state index contributed by atoms with van der Waals surface area (Å²) in [5, 5.41) is 2.41. The topological polar surface area (TPSA) is 110 Å². The van der Waals surface area contributed by atoms with Gasteiger partial charge in [0, 0.05) is 18.8 Å². The van der Waals surface area contributed by atoms with Crippen LogP contribution in [0.25, 0.3) is 0 Å². The van der Waals surface area contributed by atoms with Gasteiger partial charge in [0.25, 0.3) is 5.91 Å². The molecule has 1 aliphatic rings. The summed E-state index contributed by atoms with van der Waals surface area (Å²) < 4.78 is 54.8. The molecule has 0 bridgehead atoms. The average molecular weight is 497 g/mol. The van der Waals surface area contributed by atoms with Gasteiger partial charge in [0.1, 0.15) is 5.69 Å². The van der Waals surface area contributed by atoms with Crippen LogP contribution in [0.5, 0.6) is 0 Å². The number of morpholine rings is 1. The zero-order valence-corrected chi connectivity index (χ0v) is 19.5. The number of anilines is 2. The molecule has 1 saturated heterocycles. The van der Waals surface area contributed by atoms with Gasteiger partial charge in [-0.25, -0.2) is 9.59 Å². The Balaban J connectivity index is 1.75. The summed E-state index contributed by atoms with van der Waals surface area (Å²) >= 11 is 0. The number of aryl methyl sites for hydroxylation is 1. The summed E-state index contributed by atoms with van der Waals surface area (Å²) in [7, 11) is 1.22. The molecule has 0 unspecified atom stereocenters. The van der Waals surface area contributed by atoms with E-state index in [9.17, 15) is 27.6 Å². The minimum Gasteiger partial charge on any atom is -0.465 e. The molecule has 0 atom stereocenters. The predicted molar refractivity (Wildman–Crippen MR) is 120 cm³/mol. The lowest BCUT2D eigenvalue weighted by atomic mass is 10.1. The SMILES string of the molecule is CCc1[nH]c(C(=O)OCC(=O)Nc2cc(C(F)(F)F)ccc2N2CCOCC2)c(C)c1C(=O)OC. The second kappa shape index (κ2) is 10.8. The van der Waals surface area contributed by atoms with Crippen LogP contribution in [-0.4, -0.2) is 62.8 Å². The van der Waals surface area contributed by atoms with Gasteiger partial charge in [-0.3, -0.25) is 4.79 Å². The molecule has 1 fully saturated rings. The third kappa shape index (κ3) is 5.94. The van der Waals surface area contributed by atoms with Crippen molar-refractivity contribution in [2.24, 2.45) is 0 Å². The molecule has 1 aromatic carbocycles. The summed E-state index contributed by atoms with van der Waals surface area (Å²) in [5.74, 6) is -2.33. The quantitative estimate of drug-likeness (QED) is 0.565. The first-order valence-corrected chi connectivity index (χ1v) is 10.9. The van der Waals surface area contributed by atoms with Crippen molar-refractivity contribution in [1.82, 2.24) is 4.98 Å². The highest BCUT2D eigenvalue weighted by molar-refractivity contribution is 6.00. The molecule has 1 aromatic heterocycles. The fourth-order valence-corrected chi connectivity index (χ4v) is 3.79. The van der Waals surface area contributed by atoms with E-state index in [0.29, 0.717) is 49.7 Å². The Morgan fingerprint density at radius 1 is 1.17 bits per heavy atom. The number of carbonyl (C=O) groups is 3. The molecule has 12 heteroatoms. The molecule has 9 nitrogen and oxygen atoms in total. The molecule has 2 heterocycles. The molecule has 0 spiro atoms. The van der Waals surface area contributed by atoms with Gasteiger partial charge in [-0.15, -0.1) is 0 Å². The Morgan fingerprint density at radius 2 is 1.86 bits per heavy atom. The maximum absolute atomic E-state index is 13.3. The van der Waals surface area contributed by atoms with E-state index in [4.69, 9.17) is 14.2 Å². The summed E-state index contributed by atoms with van der Waals surface area (Å²) in [6.07, 6.45) is -4.19. The van der Waals surface area contributed by atoms with E-state index in [1.165, 1.54) is 20.1 Å². The summed E-state index contributed by atoms with van der Waals surface area (Å²) in [4.78, 5) is 41.7. The lowest BCUT2D eigenvalue weighted by Crippen LogP contribution is -2.37. The maximum atomic E-state index is 13.3. The van der Waals surface area contributed by atoms with Crippen molar-refractivity contribution >= 4 is 29.2 Å². The molecular weight excluding hydrogens is 471 g/mol. The highest BCUT2D eigenvalue weighted by Gasteiger charge is 2.32. The van der Waals surface area contributed by atoms with E-state index < -0.39 is 36.2 Å². The lowest BCUT2D eigenvalue weighted by Gasteiger charge is -2.31. The monoisotopic (exact) mass is 497 g/mol. The smallest absolute Gasteiger partial charge is 0.416 e. The fourth-order valence-electron chi connectivity index (χ4n) is 3.79. The van der Waals surface area contributed by atoms with Crippen LogP contribution in [-0.2, 0) is 31.6 Å². The fraction of sp³-hybridized carbons (Fsp3) is 0.435.